The molecule has 0 saturated carbocycles. The van der Waals surface area contributed by atoms with E-state index in [1.807, 2.05) is 4.74 Å². The Kier molecular flexibility index (Phi) is 4.79. The fourth-order valence-electron chi connectivity index (χ4n) is 0.528. The van der Waals surface area contributed by atoms with Gasteiger partial charge in [0.05, 0.1) is 0 Å². The average molecular weight is 358 g/mol. The molecule has 0 aromatic rings. The van der Waals surface area contributed by atoms with E-state index in [0.29, 0.717) is 0 Å². The molecule has 6 nitrogen and oxygen atoms in total. The maximum Gasteiger partial charge on any atom is 0.441 e. The van der Waals surface area contributed by atoms with Crippen LogP contribution in [0.3, 0.4) is 0 Å². The minimum atomic E-state index is -6.71. The molecule has 0 aromatic heterocycles. The lowest BCUT2D eigenvalue weighted by Crippen LogP contribution is -2.54. The Balaban J connectivity index is 5.72. The van der Waals surface area contributed by atoms with Gasteiger partial charge in [0.15, 0.2) is 0 Å². The predicted molar refractivity (Wildman–Crippen MR) is 44.8 cm³/mol. The Hall–Kier alpha value is -1.05. The topological polar surface area (TPSA) is 92.1 Å². The Labute approximate surface area is 108 Å². The zero-order valence-electron chi connectivity index (χ0n) is 8.38. The van der Waals surface area contributed by atoms with Crippen LogP contribution in [-0.2, 0) is 14.8 Å². The largest absolute Gasteiger partial charge is 0.441 e. The zero-order chi connectivity index (χ0) is 16.6. The van der Waals surface area contributed by atoms with E-state index in [9.17, 15) is 43.5 Å². The third-order valence-corrected chi connectivity index (χ3v) is 2.79. The first-order chi connectivity index (χ1) is 8.52. The number of nitrogens with zero attached hydrogens (tertiary/aromatic N) is 3. The Morgan fingerprint density at radius 2 is 1.40 bits per heavy atom. The molecule has 118 valence electrons. The van der Waals surface area contributed by atoms with Crippen molar-refractivity contribution in [1.82, 2.24) is 0 Å². The van der Waals surface area contributed by atoms with Crippen molar-refractivity contribution in [3.05, 3.63) is 10.4 Å². The van der Waals surface area contributed by atoms with Gasteiger partial charge >= 0.3 is 32.9 Å². The van der Waals surface area contributed by atoms with Crippen molar-refractivity contribution in [1.29, 1.82) is 0 Å². The van der Waals surface area contributed by atoms with E-state index in [2.05, 4.69) is 11.6 Å². The molecular formula is C4ClF8N3O3S. The summed E-state index contributed by atoms with van der Waals surface area (Å²) in [5.74, 6) is 0. The number of halogens is 9. The van der Waals surface area contributed by atoms with Gasteiger partial charge in [-0.15, -0.1) is 0 Å². The van der Waals surface area contributed by atoms with E-state index >= 15 is 0 Å². The molecule has 0 aliphatic rings. The molecule has 20 heavy (non-hydrogen) atoms. The minimum absolute atomic E-state index is 1.24. The second-order valence-electron chi connectivity index (χ2n) is 2.80. The quantitative estimate of drug-likeness (QED) is 0.240. The Bertz CT molecular complexity index is 524. The summed E-state index contributed by atoms with van der Waals surface area (Å²) in [5.41, 5.74) is 7.56. The van der Waals surface area contributed by atoms with E-state index in [4.69, 9.17) is 5.53 Å². The molecule has 0 aromatic carbocycles. The maximum atomic E-state index is 12.7. The molecule has 0 N–H and O–H groups in total. The molecule has 0 rings (SSSR count). The fraction of sp³-hybridized carbons (Fsp3) is 1.00. The normalized spacial score (nSPS) is 14.8. The van der Waals surface area contributed by atoms with Gasteiger partial charge in [-0.3, -0.25) is 0 Å². The lowest BCUT2D eigenvalue weighted by atomic mass is 10.6. The summed E-state index contributed by atoms with van der Waals surface area (Å²) in [7, 11) is -6.71. The van der Waals surface area contributed by atoms with E-state index < -0.39 is 32.9 Å². The van der Waals surface area contributed by atoms with Crippen molar-refractivity contribution >= 4 is 21.6 Å². The first-order valence-corrected chi connectivity index (χ1v) is 5.55. The minimum Gasteiger partial charge on any atom is -0.243 e. The molecule has 0 aliphatic carbocycles. The highest BCUT2D eigenvalue weighted by Gasteiger charge is 2.73. The molecular weight excluding hydrogens is 358 g/mol. The van der Waals surface area contributed by atoms with Gasteiger partial charge in [-0.2, -0.15) is 35.1 Å². The van der Waals surface area contributed by atoms with E-state index in [1.165, 1.54) is 9.43 Å². The number of alkyl halides is 9. The van der Waals surface area contributed by atoms with Gasteiger partial charge in [-0.1, -0.05) is 0 Å². The van der Waals surface area contributed by atoms with E-state index in [1.54, 1.807) is 0 Å². The summed E-state index contributed by atoms with van der Waals surface area (Å²) >= 11 is 3.64. The molecule has 0 bridgehead atoms. The predicted octanol–water partition coefficient (Wildman–Crippen LogP) is 3.25. The second kappa shape index (κ2) is 5.05. The van der Waals surface area contributed by atoms with Gasteiger partial charge in [0.2, 0.25) is 0 Å². The van der Waals surface area contributed by atoms with Crippen molar-refractivity contribution in [2.75, 3.05) is 0 Å². The van der Waals surface area contributed by atoms with Gasteiger partial charge in [-0.25, -0.2) is 13.2 Å². The van der Waals surface area contributed by atoms with E-state index in [-0.39, 0.29) is 0 Å². The highest BCUT2D eigenvalue weighted by molar-refractivity contribution is 7.91. The van der Waals surface area contributed by atoms with Crippen LogP contribution in [0.5, 0.6) is 0 Å². The second-order valence-corrected chi connectivity index (χ2v) is 4.90. The lowest BCUT2D eigenvalue weighted by Gasteiger charge is -2.29. The maximum absolute atomic E-state index is 12.7. The molecule has 0 spiro atoms. The first-order valence-electron chi connectivity index (χ1n) is 3.73. The molecule has 0 radical (unpaired) electrons. The van der Waals surface area contributed by atoms with Crippen LogP contribution in [-0.4, -0.2) is 31.3 Å². The summed E-state index contributed by atoms with van der Waals surface area (Å²) in [6.07, 6.45) is -13.0. The number of sulfonamides is 1. The van der Waals surface area contributed by atoms with Crippen LogP contribution in [0.4, 0.5) is 35.1 Å². The van der Waals surface area contributed by atoms with Crippen molar-refractivity contribution in [3.8, 4) is 0 Å². The standard InChI is InChI=1S/C4ClF8N3O3S/c5-1(6,7)2(8,9)19-3(10,11)4(12,13)20(17,18)16-15-14. The molecule has 0 aliphatic heterocycles. The molecule has 0 fully saturated rings. The van der Waals surface area contributed by atoms with Crippen LogP contribution < -0.4 is 0 Å². The van der Waals surface area contributed by atoms with Crippen LogP contribution >= 0.6 is 11.6 Å². The van der Waals surface area contributed by atoms with Gasteiger partial charge in [0.25, 0.3) is 0 Å². The fourth-order valence-corrected chi connectivity index (χ4v) is 1.11. The zero-order valence-corrected chi connectivity index (χ0v) is 9.95. The number of ether oxygens (including phenoxy) is 1. The average Bonchev–Trinajstić information content (AvgIpc) is 2.12. The van der Waals surface area contributed by atoms with Crippen LogP contribution in [0.15, 0.2) is 4.52 Å². The van der Waals surface area contributed by atoms with Gasteiger partial charge in [0.1, 0.15) is 0 Å². The summed E-state index contributed by atoms with van der Waals surface area (Å²) in [6, 6.07) is 0. The smallest absolute Gasteiger partial charge is 0.243 e. The highest BCUT2D eigenvalue weighted by atomic mass is 35.5. The Morgan fingerprint density at radius 3 is 1.70 bits per heavy atom. The summed E-state index contributed by atoms with van der Waals surface area (Å²) in [6.45, 7) is 0. The van der Waals surface area contributed by atoms with Crippen molar-refractivity contribution in [3.63, 3.8) is 0 Å². The molecule has 0 saturated heterocycles. The highest BCUT2D eigenvalue weighted by Crippen LogP contribution is 2.48. The molecule has 0 unspecified atom stereocenters. The van der Waals surface area contributed by atoms with Crippen LogP contribution in [0.2, 0.25) is 0 Å². The number of rotatable bonds is 6. The van der Waals surface area contributed by atoms with Crippen LogP contribution in [0, 0.1) is 0 Å². The molecule has 0 heterocycles. The number of hydrogen-bond acceptors (Lipinski definition) is 3. The summed E-state index contributed by atoms with van der Waals surface area (Å²) in [4.78, 5) is 1.24. The first kappa shape index (κ1) is 18.9. The third-order valence-electron chi connectivity index (χ3n) is 1.39. The SMILES string of the molecule is [N-]=[N+]=NS(=O)(=O)C(F)(F)C(F)(F)OC(F)(F)C(F)(F)Cl. The molecule has 0 amide bonds. The molecule has 0 atom stereocenters. The van der Waals surface area contributed by atoms with Gasteiger partial charge < -0.3 is 0 Å². The van der Waals surface area contributed by atoms with Crippen LogP contribution in [0.25, 0.3) is 10.4 Å². The summed E-state index contributed by atoms with van der Waals surface area (Å²) in [5, 5.41) is -12.4. The number of azide groups is 1. The van der Waals surface area contributed by atoms with Crippen molar-refractivity contribution in [2.45, 2.75) is 22.9 Å². The number of hydrogen-bond donors (Lipinski definition) is 0. The van der Waals surface area contributed by atoms with Crippen molar-refractivity contribution < 1.29 is 48.3 Å². The monoisotopic (exact) mass is 357 g/mol. The van der Waals surface area contributed by atoms with Crippen LogP contribution in [0.1, 0.15) is 0 Å². The third kappa shape index (κ3) is 3.34. The molecule has 16 heteroatoms. The van der Waals surface area contributed by atoms with Gasteiger partial charge in [0, 0.05) is 9.43 Å². The lowest BCUT2D eigenvalue weighted by molar-refractivity contribution is -0.442. The van der Waals surface area contributed by atoms with E-state index in [0.717, 1.165) is 0 Å². The van der Waals surface area contributed by atoms with Crippen molar-refractivity contribution in [2.24, 2.45) is 4.52 Å². The van der Waals surface area contributed by atoms with Gasteiger partial charge in [-0.05, 0) is 17.1 Å². The Morgan fingerprint density at radius 1 is 1.00 bits per heavy atom. The summed E-state index contributed by atoms with van der Waals surface area (Å²) < 4.78 is 123.